The zero-order chi connectivity index (χ0) is 15.2. The van der Waals surface area contributed by atoms with Crippen molar-refractivity contribution in [3.63, 3.8) is 0 Å². The molecule has 0 amide bonds. The fraction of sp³-hybridized carbons (Fsp3) is 0.647. The second-order valence-electron chi connectivity index (χ2n) is 6.33. The van der Waals surface area contributed by atoms with Crippen LogP contribution in [0.3, 0.4) is 0 Å². The summed E-state index contributed by atoms with van der Waals surface area (Å²) in [6.45, 7) is 5.49. The van der Waals surface area contributed by atoms with Crippen LogP contribution in [-0.2, 0) is 0 Å². The van der Waals surface area contributed by atoms with E-state index in [2.05, 4.69) is 19.2 Å². The second-order valence-corrected chi connectivity index (χ2v) is 6.77. The van der Waals surface area contributed by atoms with Gasteiger partial charge in [-0.15, -0.1) is 0 Å². The van der Waals surface area contributed by atoms with Gasteiger partial charge in [-0.1, -0.05) is 25.4 Å². The Kier molecular flexibility index (Phi) is 6.34. The second kappa shape index (κ2) is 8.02. The lowest BCUT2D eigenvalue weighted by Gasteiger charge is -2.33. The van der Waals surface area contributed by atoms with Crippen LogP contribution in [0, 0.1) is 11.8 Å². The summed E-state index contributed by atoms with van der Waals surface area (Å²) in [4.78, 5) is 0. The molecule has 118 valence electrons. The van der Waals surface area contributed by atoms with Crippen molar-refractivity contribution >= 4 is 11.6 Å². The molecule has 3 nitrogen and oxygen atoms in total. The lowest BCUT2D eigenvalue weighted by atomic mass is 9.80. The van der Waals surface area contributed by atoms with E-state index < -0.39 is 6.10 Å². The van der Waals surface area contributed by atoms with Gasteiger partial charge in [0.25, 0.3) is 0 Å². The maximum atomic E-state index is 10.0. The summed E-state index contributed by atoms with van der Waals surface area (Å²) in [5.41, 5.74) is 0. The molecule has 0 aliphatic heterocycles. The predicted molar refractivity (Wildman–Crippen MR) is 86.9 cm³/mol. The first-order chi connectivity index (χ1) is 10.0. The van der Waals surface area contributed by atoms with Gasteiger partial charge in [0.2, 0.25) is 0 Å². The zero-order valence-electron chi connectivity index (χ0n) is 12.9. The summed E-state index contributed by atoms with van der Waals surface area (Å²) >= 11 is 5.82. The van der Waals surface area contributed by atoms with Gasteiger partial charge in [-0.2, -0.15) is 0 Å². The number of hydrogen-bond acceptors (Lipinski definition) is 3. The molecule has 1 aliphatic carbocycles. The topological polar surface area (TPSA) is 41.5 Å². The highest BCUT2D eigenvalue weighted by Crippen LogP contribution is 2.28. The van der Waals surface area contributed by atoms with Gasteiger partial charge in [0.15, 0.2) is 0 Å². The molecule has 0 radical (unpaired) electrons. The Balaban J connectivity index is 1.67. The number of aliphatic hydroxyl groups is 1. The first-order valence-electron chi connectivity index (χ1n) is 7.84. The van der Waals surface area contributed by atoms with Crippen LogP contribution in [0.25, 0.3) is 0 Å². The van der Waals surface area contributed by atoms with Crippen LogP contribution in [0.1, 0.15) is 33.1 Å². The first-order valence-corrected chi connectivity index (χ1v) is 8.22. The van der Waals surface area contributed by atoms with Gasteiger partial charge in [-0.05, 0) is 55.4 Å². The number of aliphatic hydroxyl groups excluding tert-OH is 1. The van der Waals surface area contributed by atoms with Crippen molar-refractivity contribution in [2.45, 2.75) is 45.3 Å². The van der Waals surface area contributed by atoms with Crippen LogP contribution in [0.5, 0.6) is 5.75 Å². The van der Waals surface area contributed by atoms with Crippen LogP contribution in [0.4, 0.5) is 0 Å². The molecule has 0 spiro atoms. The standard InChI is InChI=1S/C17H26ClNO2/c1-12-3-8-17(13(2)9-12)19-10-15(20)11-21-16-6-4-14(18)5-7-16/h4-7,12-13,15,17,19-20H,3,8-11H2,1-2H3. The molecule has 0 aromatic heterocycles. The van der Waals surface area contributed by atoms with Crippen LogP contribution in [-0.4, -0.2) is 30.4 Å². The summed E-state index contributed by atoms with van der Waals surface area (Å²) in [6, 6.07) is 7.71. The van der Waals surface area contributed by atoms with E-state index in [4.69, 9.17) is 16.3 Å². The van der Waals surface area contributed by atoms with Crippen LogP contribution in [0.2, 0.25) is 5.02 Å². The van der Waals surface area contributed by atoms with Crippen molar-refractivity contribution in [3.05, 3.63) is 29.3 Å². The Morgan fingerprint density at radius 1 is 1.29 bits per heavy atom. The molecule has 0 bridgehead atoms. The third-order valence-corrected chi connectivity index (χ3v) is 4.56. The van der Waals surface area contributed by atoms with E-state index in [9.17, 15) is 5.11 Å². The predicted octanol–water partition coefficient (Wildman–Crippen LogP) is 3.49. The van der Waals surface area contributed by atoms with Crippen LogP contribution in [0.15, 0.2) is 24.3 Å². The molecule has 1 saturated carbocycles. The SMILES string of the molecule is CC1CCC(NCC(O)COc2ccc(Cl)cc2)C(C)C1. The molecule has 4 heteroatoms. The molecule has 2 rings (SSSR count). The third kappa shape index (κ3) is 5.50. The van der Waals surface area contributed by atoms with E-state index in [-0.39, 0.29) is 0 Å². The zero-order valence-corrected chi connectivity index (χ0v) is 13.6. The van der Waals surface area contributed by atoms with Crippen molar-refractivity contribution in [3.8, 4) is 5.75 Å². The van der Waals surface area contributed by atoms with E-state index in [1.165, 1.54) is 19.3 Å². The molecule has 0 heterocycles. The van der Waals surface area contributed by atoms with E-state index in [1.807, 2.05) is 12.1 Å². The monoisotopic (exact) mass is 311 g/mol. The molecule has 0 saturated heterocycles. The number of hydrogen-bond donors (Lipinski definition) is 2. The molecular weight excluding hydrogens is 286 g/mol. The number of nitrogens with one attached hydrogen (secondary N) is 1. The number of rotatable bonds is 6. The Labute approximate surface area is 132 Å². The van der Waals surface area contributed by atoms with Crippen molar-refractivity contribution < 1.29 is 9.84 Å². The molecule has 4 atom stereocenters. The van der Waals surface area contributed by atoms with E-state index >= 15 is 0 Å². The highest BCUT2D eigenvalue weighted by molar-refractivity contribution is 6.30. The number of halogens is 1. The highest BCUT2D eigenvalue weighted by atomic mass is 35.5. The average molecular weight is 312 g/mol. The molecule has 1 aromatic rings. The minimum Gasteiger partial charge on any atom is -0.491 e. The van der Waals surface area contributed by atoms with Crippen molar-refractivity contribution in [1.29, 1.82) is 0 Å². The summed E-state index contributed by atoms with van der Waals surface area (Å²) in [7, 11) is 0. The molecule has 21 heavy (non-hydrogen) atoms. The number of ether oxygens (including phenoxy) is 1. The van der Waals surface area contributed by atoms with Crippen molar-refractivity contribution in [1.82, 2.24) is 5.32 Å². The maximum Gasteiger partial charge on any atom is 0.119 e. The largest absolute Gasteiger partial charge is 0.491 e. The fourth-order valence-corrected chi connectivity index (χ4v) is 3.16. The lowest BCUT2D eigenvalue weighted by Crippen LogP contribution is -2.43. The maximum absolute atomic E-state index is 10.0. The van der Waals surface area contributed by atoms with Gasteiger partial charge in [-0.3, -0.25) is 0 Å². The number of benzene rings is 1. The Morgan fingerprint density at radius 3 is 2.67 bits per heavy atom. The van der Waals surface area contributed by atoms with E-state index in [0.717, 1.165) is 11.7 Å². The minimum absolute atomic E-state index is 0.298. The van der Waals surface area contributed by atoms with Gasteiger partial charge >= 0.3 is 0 Å². The van der Waals surface area contributed by atoms with Crippen molar-refractivity contribution in [2.75, 3.05) is 13.2 Å². The summed E-state index contributed by atoms with van der Waals surface area (Å²) in [6.07, 6.45) is 3.26. The van der Waals surface area contributed by atoms with Gasteiger partial charge in [0.05, 0.1) is 0 Å². The third-order valence-electron chi connectivity index (χ3n) is 4.30. The molecule has 2 N–H and O–H groups in total. The van der Waals surface area contributed by atoms with Crippen LogP contribution >= 0.6 is 11.6 Å². The fourth-order valence-electron chi connectivity index (χ4n) is 3.04. The van der Waals surface area contributed by atoms with Gasteiger partial charge in [0, 0.05) is 17.6 Å². The average Bonchev–Trinajstić information content (AvgIpc) is 2.46. The van der Waals surface area contributed by atoms with Crippen molar-refractivity contribution in [2.24, 2.45) is 11.8 Å². The Hall–Kier alpha value is -0.770. The van der Waals surface area contributed by atoms with E-state index in [1.54, 1.807) is 12.1 Å². The highest BCUT2D eigenvalue weighted by Gasteiger charge is 2.25. The molecule has 1 fully saturated rings. The van der Waals surface area contributed by atoms with Gasteiger partial charge in [-0.25, -0.2) is 0 Å². The Bertz CT molecular complexity index is 423. The summed E-state index contributed by atoms with van der Waals surface area (Å²) in [5.74, 6) is 2.24. The first kappa shape index (κ1) is 16.6. The minimum atomic E-state index is -0.493. The van der Waals surface area contributed by atoms with Gasteiger partial charge in [0.1, 0.15) is 18.5 Å². The normalized spacial score (nSPS) is 27.3. The molecule has 1 aromatic carbocycles. The van der Waals surface area contributed by atoms with Gasteiger partial charge < -0.3 is 15.2 Å². The van der Waals surface area contributed by atoms with Crippen LogP contribution < -0.4 is 10.1 Å². The van der Waals surface area contributed by atoms with E-state index in [0.29, 0.717) is 30.1 Å². The summed E-state index contributed by atoms with van der Waals surface area (Å²) in [5, 5.41) is 14.2. The quantitative estimate of drug-likeness (QED) is 0.845. The smallest absolute Gasteiger partial charge is 0.119 e. The molecular formula is C17H26ClNO2. The lowest BCUT2D eigenvalue weighted by molar-refractivity contribution is 0.0965. The summed E-state index contributed by atoms with van der Waals surface area (Å²) < 4.78 is 5.56. The molecule has 1 aliphatic rings. The Morgan fingerprint density at radius 2 is 2.00 bits per heavy atom. The molecule has 4 unspecified atom stereocenters.